The molecule has 0 spiro atoms. The molecule has 4 rings (SSSR count). The first kappa shape index (κ1) is 29.0. The minimum absolute atomic E-state index is 0.109. The number of likely N-dealkylation sites (tertiary alicyclic amines) is 1. The molecule has 0 aliphatic carbocycles. The number of nitrogens with one attached hydrogen (secondary N) is 2. The highest BCUT2D eigenvalue weighted by Gasteiger charge is 2.45. The van der Waals surface area contributed by atoms with Crippen LogP contribution < -0.4 is 24.2 Å². The Kier molecular flexibility index (Phi) is 8.70. The number of quaternary nitrogens is 1. The van der Waals surface area contributed by atoms with Crippen LogP contribution in [-0.2, 0) is 19.1 Å². The number of H-pyrrole nitrogens is 1. The van der Waals surface area contributed by atoms with E-state index in [0.29, 0.717) is 53.8 Å². The summed E-state index contributed by atoms with van der Waals surface area (Å²) in [7, 11) is 5.63. The molecule has 1 aromatic heterocycles. The number of rotatable bonds is 9. The van der Waals surface area contributed by atoms with Gasteiger partial charge >= 0.3 is 5.97 Å². The molecule has 0 radical (unpaired) electrons. The molecule has 1 atom stereocenters. The highest BCUT2D eigenvalue weighted by Crippen LogP contribution is 2.45. The summed E-state index contributed by atoms with van der Waals surface area (Å²) in [5, 5.41) is 14.1. The number of nitrogens with zero attached hydrogens (tertiary/aromatic N) is 1. The molecule has 3 heterocycles. The number of hydrogen-bond donors (Lipinski definition) is 2. The van der Waals surface area contributed by atoms with Crippen LogP contribution in [0.5, 0.6) is 17.2 Å². The van der Waals surface area contributed by atoms with Crippen molar-refractivity contribution in [2.75, 3.05) is 67.8 Å². The van der Waals surface area contributed by atoms with Crippen LogP contribution in [0.4, 0.5) is 0 Å². The van der Waals surface area contributed by atoms with Crippen LogP contribution >= 0.6 is 0 Å². The smallest absolute Gasteiger partial charge is 0.354 e. The molecule has 2 aliphatic rings. The molecule has 1 unspecified atom stereocenters. The fraction of sp³-hybridized carbons (Fsp3) is 0.464. The van der Waals surface area contributed by atoms with Crippen LogP contribution in [0.15, 0.2) is 17.7 Å². The Morgan fingerprint density at radius 2 is 1.70 bits per heavy atom. The summed E-state index contributed by atoms with van der Waals surface area (Å²) in [6.45, 7) is 6.81. The molecule has 0 saturated carbocycles. The fourth-order valence-electron chi connectivity index (χ4n) is 5.43. The summed E-state index contributed by atoms with van der Waals surface area (Å²) >= 11 is 0. The van der Waals surface area contributed by atoms with Gasteiger partial charge in [-0.2, -0.15) is 0 Å². The van der Waals surface area contributed by atoms with Gasteiger partial charge in [-0.3, -0.25) is 9.59 Å². The molecule has 40 heavy (non-hydrogen) atoms. The molecule has 12 nitrogen and oxygen atoms in total. The maximum atomic E-state index is 14.1. The summed E-state index contributed by atoms with van der Waals surface area (Å²) in [5.41, 5.74) is 1.22. The molecule has 2 saturated heterocycles. The number of esters is 1. The van der Waals surface area contributed by atoms with Crippen molar-refractivity contribution in [2.24, 2.45) is 0 Å². The zero-order valence-corrected chi connectivity index (χ0v) is 23.6. The summed E-state index contributed by atoms with van der Waals surface area (Å²) < 4.78 is 26.8. The molecule has 2 aromatic rings. The van der Waals surface area contributed by atoms with Crippen molar-refractivity contribution in [3.8, 4) is 17.2 Å². The van der Waals surface area contributed by atoms with E-state index in [2.05, 4.69) is 4.98 Å². The predicted octanol–water partition coefficient (Wildman–Crippen LogP) is -0.417. The van der Waals surface area contributed by atoms with E-state index in [-0.39, 0.29) is 23.4 Å². The van der Waals surface area contributed by atoms with Gasteiger partial charge in [-0.1, -0.05) is 5.76 Å². The van der Waals surface area contributed by atoms with Crippen molar-refractivity contribution >= 4 is 23.4 Å². The molecule has 2 fully saturated rings. The van der Waals surface area contributed by atoms with E-state index in [1.807, 2.05) is 0 Å². The first-order valence-electron chi connectivity index (χ1n) is 12.9. The molecule has 12 heteroatoms. The van der Waals surface area contributed by atoms with Gasteiger partial charge in [-0.25, -0.2) is 4.79 Å². The third kappa shape index (κ3) is 5.11. The average Bonchev–Trinajstić information content (AvgIpc) is 3.41. The van der Waals surface area contributed by atoms with Gasteiger partial charge in [0.25, 0.3) is 5.91 Å². The summed E-state index contributed by atoms with van der Waals surface area (Å²) in [6.07, 6.45) is 0. The number of aromatic amines is 1. The SMILES string of the molecule is COC(=O)c1[nH]c(C)c(C([O-])=C2C(=O)C(=O)N(CC[NH+]3CCOCC3)C2c2cc(OC)c(OC)c(OC)c2)c1C. The number of ether oxygens (including phenoxy) is 5. The van der Waals surface area contributed by atoms with Crippen LogP contribution in [0.3, 0.4) is 0 Å². The number of hydrogen-bond acceptors (Lipinski definition) is 9. The molecular formula is C28H35N3O9. The molecule has 216 valence electrons. The van der Waals surface area contributed by atoms with Crippen molar-refractivity contribution in [3.05, 3.63) is 45.8 Å². The van der Waals surface area contributed by atoms with Gasteiger partial charge in [0.2, 0.25) is 11.5 Å². The van der Waals surface area contributed by atoms with Gasteiger partial charge in [0.15, 0.2) is 11.5 Å². The molecule has 2 N–H and O–H groups in total. The van der Waals surface area contributed by atoms with Gasteiger partial charge in [0, 0.05) is 11.3 Å². The number of ketones is 1. The second-order valence-electron chi connectivity index (χ2n) is 9.66. The van der Waals surface area contributed by atoms with Crippen molar-refractivity contribution < 1.29 is 48.1 Å². The summed E-state index contributed by atoms with van der Waals surface area (Å²) in [5.74, 6) is -1.97. The van der Waals surface area contributed by atoms with Crippen molar-refractivity contribution in [1.29, 1.82) is 0 Å². The topological polar surface area (TPSA) is 144 Å². The van der Waals surface area contributed by atoms with E-state index < -0.39 is 29.5 Å². The Balaban J connectivity index is 1.90. The Bertz CT molecular complexity index is 1320. The fourth-order valence-corrected chi connectivity index (χ4v) is 5.43. The van der Waals surface area contributed by atoms with Gasteiger partial charge in [-0.15, -0.1) is 0 Å². The number of carbonyl (C=O) groups excluding carboxylic acids is 3. The minimum Gasteiger partial charge on any atom is -0.872 e. The Hall–Kier alpha value is -4.03. The Labute approximate surface area is 232 Å². The number of amides is 1. The lowest BCUT2D eigenvalue weighted by Crippen LogP contribution is -3.14. The van der Waals surface area contributed by atoms with Crippen LogP contribution in [-0.4, -0.2) is 95.4 Å². The third-order valence-corrected chi connectivity index (χ3v) is 7.49. The minimum atomic E-state index is -1.02. The summed E-state index contributed by atoms with van der Waals surface area (Å²) in [4.78, 5) is 44.9. The van der Waals surface area contributed by atoms with Crippen molar-refractivity contribution in [2.45, 2.75) is 19.9 Å². The Morgan fingerprint density at radius 3 is 2.25 bits per heavy atom. The lowest BCUT2D eigenvalue weighted by atomic mass is 9.93. The van der Waals surface area contributed by atoms with Crippen LogP contribution in [0.25, 0.3) is 5.76 Å². The maximum Gasteiger partial charge on any atom is 0.354 e. The van der Waals surface area contributed by atoms with E-state index in [1.54, 1.807) is 26.0 Å². The summed E-state index contributed by atoms with van der Waals surface area (Å²) in [6, 6.07) is 2.25. The predicted molar refractivity (Wildman–Crippen MR) is 140 cm³/mol. The van der Waals surface area contributed by atoms with Crippen LogP contribution in [0.2, 0.25) is 0 Å². The third-order valence-electron chi connectivity index (χ3n) is 7.49. The highest BCUT2D eigenvalue weighted by atomic mass is 16.5. The van der Waals surface area contributed by atoms with Gasteiger partial charge in [0.1, 0.15) is 18.8 Å². The quantitative estimate of drug-likeness (QED) is 0.182. The average molecular weight is 558 g/mol. The monoisotopic (exact) mass is 557 g/mol. The molecule has 2 aliphatic heterocycles. The molecule has 1 amide bonds. The standard InChI is InChI=1S/C28H35N3O9/c1-15-20(16(2)29-22(15)28(35)39-6)24(32)21-23(17-13-18(36-3)26(38-5)19(14-17)37-4)31(27(34)25(21)33)8-7-30-9-11-40-12-10-30/h13-14,23,29,32H,7-12H2,1-6H3. The number of aromatic nitrogens is 1. The second-order valence-corrected chi connectivity index (χ2v) is 9.66. The number of morpholine rings is 1. The first-order valence-corrected chi connectivity index (χ1v) is 12.9. The van der Waals surface area contributed by atoms with Gasteiger partial charge in [-0.05, 0) is 42.7 Å². The molecular weight excluding hydrogens is 522 g/mol. The first-order chi connectivity index (χ1) is 19.2. The van der Waals surface area contributed by atoms with E-state index in [4.69, 9.17) is 23.7 Å². The van der Waals surface area contributed by atoms with Crippen molar-refractivity contribution in [1.82, 2.24) is 9.88 Å². The van der Waals surface area contributed by atoms with E-state index in [1.165, 1.54) is 38.2 Å². The van der Waals surface area contributed by atoms with Crippen molar-refractivity contribution in [3.63, 3.8) is 0 Å². The number of methoxy groups -OCH3 is 4. The van der Waals surface area contributed by atoms with E-state index in [0.717, 1.165) is 13.1 Å². The number of Topliss-reactive ketones (excluding diaryl/α,β-unsaturated/α-hetero) is 1. The maximum absolute atomic E-state index is 14.1. The second kappa shape index (κ2) is 12.0. The van der Waals surface area contributed by atoms with E-state index >= 15 is 0 Å². The van der Waals surface area contributed by atoms with Gasteiger partial charge < -0.3 is 43.6 Å². The lowest BCUT2D eigenvalue weighted by molar-refractivity contribution is -0.907. The van der Waals surface area contributed by atoms with Crippen LogP contribution in [0.1, 0.15) is 38.9 Å². The van der Waals surface area contributed by atoms with Gasteiger partial charge in [0.05, 0.1) is 60.8 Å². The zero-order chi connectivity index (χ0) is 29.1. The lowest BCUT2D eigenvalue weighted by Gasteiger charge is -2.30. The Morgan fingerprint density at radius 1 is 1.07 bits per heavy atom. The molecule has 1 aromatic carbocycles. The van der Waals surface area contributed by atoms with Crippen LogP contribution in [0, 0.1) is 13.8 Å². The largest absolute Gasteiger partial charge is 0.872 e. The number of carbonyl (C=O) groups is 3. The zero-order valence-electron chi connectivity index (χ0n) is 23.6. The molecule has 0 bridgehead atoms. The van der Waals surface area contributed by atoms with E-state index in [9.17, 15) is 19.5 Å². The highest BCUT2D eigenvalue weighted by molar-refractivity contribution is 6.46. The normalized spacial score (nSPS) is 19.1. The number of aryl methyl sites for hydroxylation is 1. The number of benzene rings is 1.